The van der Waals surface area contributed by atoms with Gasteiger partial charge in [0.25, 0.3) is 5.56 Å². The third-order valence-corrected chi connectivity index (χ3v) is 5.45. The molecular formula is C19H25N3O3S. The Balaban J connectivity index is 1.81. The highest BCUT2D eigenvalue weighted by atomic mass is 32.2. The summed E-state index contributed by atoms with van der Waals surface area (Å²) in [6.07, 6.45) is 2.89. The molecule has 0 N–H and O–H groups in total. The van der Waals surface area contributed by atoms with E-state index < -0.39 is 0 Å². The van der Waals surface area contributed by atoms with E-state index in [-0.39, 0.29) is 11.5 Å². The molecule has 1 aliphatic heterocycles. The molecule has 7 heteroatoms. The lowest BCUT2D eigenvalue weighted by atomic mass is 10.2. The number of thioether (sulfide) groups is 1. The number of amides is 1. The van der Waals surface area contributed by atoms with Gasteiger partial charge in [-0.25, -0.2) is 4.98 Å². The highest BCUT2D eigenvalue weighted by Gasteiger charge is 2.19. The molecule has 1 aliphatic rings. The largest absolute Gasteiger partial charge is 0.382 e. The number of hydrogen-bond acceptors (Lipinski definition) is 5. The highest BCUT2D eigenvalue weighted by molar-refractivity contribution is 7.99. The lowest BCUT2D eigenvalue weighted by molar-refractivity contribution is -0.127. The molecule has 0 spiro atoms. The third-order valence-electron chi connectivity index (χ3n) is 4.48. The fourth-order valence-electron chi connectivity index (χ4n) is 3.11. The Labute approximate surface area is 157 Å². The summed E-state index contributed by atoms with van der Waals surface area (Å²) in [4.78, 5) is 31.8. The van der Waals surface area contributed by atoms with Gasteiger partial charge < -0.3 is 9.64 Å². The van der Waals surface area contributed by atoms with Gasteiger partial charge in [0.2, 0.25) is 5.91 Å². The first-order valence-corrected chi connectivity index (χ1v) is 10.2. The van der Waals surface area contributed by atoms with E-state index in [2.05, 4.69) is 4.98 Å². The van der Waals surface area contributed by atoms with Crippen molar-refractivity contribution in [3.8, 4) is 0 Å². The van der Waals surface area contributed by atoms with Crippen LogP contribution in [-0.4, -0.2) is 52.4 Å². The van der Waals surface area contributed by atoms with Crippen molar-refractivity contribution in [1.29, 1.82) is 0 Å². The maximum Gasteiger partial charge on any atom is 0.262 e. The van der Waals surface area contributed by atoms with Crippen LogP contribution in [-0.2, 0) is 16.1 Å². The predicted molar refractivity (Wildman–Crippen MR) is 104 cm³/mol. The van der Waals surface area contributed by atoms with Crippen molar-refractivity contribution in [2.24, 2.45) is 0 Å². The molecular weight excluding hydrogens is 350 g/mol. The average Bonchev–Trinajstić information content (AvgIpc) is 3.20. The molecule has 0 saturated carbocycles. The standard InChI is InChI=1S/C19H25N3O3S/c1-2-25-13-7-12-22-18(24)15-8-3-4-9-16(15)20-19(22)26-14-17(23)21-10-5-6-11-21/h3-4,8-9H,2,5-7,10-14H2,1H3. The van der Waals surface area contributed by atoms with E-state index in [0.29, 0.717) is 41.6 Å². The van der Waals surface area contributed by atoms with Crippen LogP contribution in [0.15, 0.2) is 34.2 Å². The van der Waals surface area contributed by atoms with Crippen LogP contribution in [0.5, 0.6) is 0 Å². The van der Waals surface area contributed by atoms with Crippen LogP contribution < -0.4 is 5.56 Å². The van der Waals surface area contributed by atoms with Crippen LogP contribution in [0, 0.1) is 0 Å². The van der Waals surface area contributed by atoms with E-state index in [1.807, 2.05) is 30.0 Å². The van der Waals surface area contributed by atoms with Crippen LogP contribution in [0.25, 0.3) is 10.9 Å². The van der Waals surface area contributed by atoms with Gasteiger partial charge in [-0.3, -0.25) is 14.2 Å². The Morgan fingerprint density at radius 3 is 2.81 bits per heavy atom. The van der Waals surface area contributed by atoms with Gasteiger partial charge >= 0.3 is 0 Å². The predicted octanol–water partition coefficient (Wildman–Crippen LogP) is 2.54. The summed E-state index contributed by atoms with van der Waals surface area (Å²) in [6, 6.07) is 7.36. The first kappa shape index (κ1) is 18.9. The number of nitrogens with zero attached hydrogens (tertiary/aromatic N) is 3. The molecule has 26 heavy (non-hydrogen) atoms. The molecule has 1 aromatic heterocycles. The van der Waals surface area contributed by atoms with Gasteiger partial charge in [0.15, 0.2) is 5.16 Å². The number of carbonyl (C=O) groups excluding carboxylic acids is 1. The van der Waals surface area contributed by atoms with Crippen LogP contribution in [0.4, 0.5) is 0 Å². The molecule has 6 nitrogen and oxygen atoms in total. The summed E-state index contributed by atoms with van der Waals surface area (Å²) in [6.45, 7) is 5.44. The summed E-state index contributed by atoms with van der Waals surface area (Å²) < 4.78 is 7.07. The van der Waals surface area contributed by atoms with Crippen molar-refractivity contribution in [3.05, 3.63) is 34.6 Å². The van der Waals surface area contributed by atoms with Crippen LogP contribution in [0.1, 0.15) is 26.2 Å². The van der Waals surface area contributed by atoms with E-state index in [4.69, 9.17) is 4.74 Å². The third kappa shape index (κ3) is 4.45. The first-order chi connectivity index (χ1) is 12.7. The monoisotopic (exact) mass is 375 g/mol. The van der Waals surface area contributed by atoms with Gasteiger partial charge in [-0.15, -0.1) is 0 Å². The van der Waals surface area contributed by atoms with Crippen molar-refractivity contribution in [2.75, 3.05) is 32.1 Å². The molecule has 0 bridgehead atoms. The van der Waals surface area contributed by atoms with Crippen LogP contribution >= 0.6 is 11.8 Å². The quantitative estimate of drug-likeness (QED) is 0.403. The van der Waals surface area contributed by atoms with Gasteiger partial charge in [-0.1, -0.05) is 23.9 Å². The second kappa shape index (κ2) is 9.19. The Morgan fingerprint density at radius 1 is 1.27 bits per heavy atom. The SMILES string of the molecule is CCOCCCn1c(SCC(=O)N2CCCC2)nc2ccccc2c1=O. The number of hydrogen-bond donors (Lipinski definition) is 0. The topological polar surface area (TPSA) is 64.4 Å². The number of aromatic nitrogens is 2. The van der Waals surface area contributed by atoms with E-state index in [9.17, 15) is 9.59 Å². The molecule has 0 radical (unpaired) electrons. The van der Waals surface area contributed by atoms with Gasteiger partial charge in [0.1, 0.15) is 0 Å². The van der Waals surface area contributed by atoms with E-state index >= 15 is 0 Å². The highest BCUT2D eigenvalue weighted by Crippen LogP contribution is 2.20. The molecule has 140 valence electrons. The molecule has 1 amide bonds. The molecule has 2 heterocycles. The first-order valence-electron chi connectivity index (χ1n) is 9.18. The maximum absolute atomic E-state index is 12.9. The minimum atomic E-state index is -0.0526. The van der Waals surface area contributed by atoms with E-state index in [0.717, 1.165) is 32.4 Å². The minimum absolute atomic E-state index is 0.0526. The molecule has 3 rings (SSSR count). The molecule has 0 atom stereocenters. The summed E-state index contributed by atoms with van der Waals surface area (Å²) >= 11 is 1.35. The second-order valence-electron chi connectivity index (χ2n) is 6.30. The molecule has 1 saturated heterocycles. The summed E-state index contributed by atoms with van der Waals surface area (Å²) in [5.41, 5.74) is 0.623. The number of para-hydroxylation sites is 1. The average molecular weight is 375 g/mol. The molecule has 0 aliphatic carbocycles. The lowest BCUT2D eigenvalue weighted by Crippen LogP contribution is -2.30. The van der Waals surface area contributed by atoms with Gasteiger partial charge in [0.05, 0.1) is 16.7 Å². The van der Waals surface area contributed by atoms with Crippen LogP contribution in [0.3, 0.4) is 0 Å². The Hall–Kier alpha value is -1.86. The van der Waals surface area contributed by atoms with Crippen molar-refractivity contribution in [1.82, 2.24) is 14.5 Å². The zero-order valence-electron chi connectivity index (χ0n) is 15.1. The van der Waals surface area contributed by atoms with Gasteiger partial charge in [0, 0.05) is 32.8 Å². The number of carbonyl (C=O) groups is 1. The maximum atomic E-state index is 12.9. The zero-order chi connectivity index (χ0) is 18.4. The van der Waals surface area contributed by atoms with E-state index in [1.54, 1.807) is 10.6 Å². The Bertz CT molecular complexity index is 815. The summed E-state index contributed by atoms with van der Waals surface area (Å²) in [5.74, 6) is 0.437. The Morgan fingerprint density at radius 2 is 2.04 bits per heavy atom. The number of fused-ring (bicyclic) bond motifs is 1. The fraction of sp³-hybridized carbons (Fsp3) is 0.526. The number of benzene rings is 1. The van der Waals surface area contributed by atoms with Crippen molar-refractivity contribution in [3.63, 3.8) is 0 Å². The Kier molecular flexibility index (Phi) is 6.68. The number of rotatable bonds is 8. The van der Waals surface area contributed by atoms with Crippen molar-refractivity contribution < 1.29 is 9.53 Å². The smallest absolute Gasteiger partial charge is 0.262 e. The normalized spacial score (nSPS) is 14.3. The molecule has 2 aromatic rings. The zero-order valence-corrected chi connectivity index (χ0v) is 16.0. The summed E-state index contributed by atoms with van der Waals surface area (Å²) in [7, 11) is 0. The lowest BCUT2D eigenvalue weighted by Gasteiger charge is -2.16. The molecule has 1 aromatic carbocycles. The summed E-state index contributed by atoms with van der Waals surface area (Å²) in [5, 5.41) is 1.22. The van der Waals surface area contributed by atoms with Crippen LogP contribution in [0.2, 0.25) is 0 Å². The van der Waals surface area contributed by atoms with Crippen molar-refractivity contribution >= 4 is 28.6 Å². The van der Waals surface area contributed by atoms with Gasteiger partial charge in [-0.05, 0) is 38.3 Å². The number of likely N-dealkylation sites (tertiary alicyclic amines) is 1. The second-order valence-corrected chi connectivity index (χ2v) is 7.24. The minimum Gasteiger partial charge on any atom is -0.382 e. The molecule has 1 fully saturated rings. The molecule has 0 unspecified atom stereocenters. The fourth-order valence-corrected chi connectivity index (χ4v) is 4.04. The van der Waals surface area contributed by atoms with E-state index in [1.165, 1.54) is 11.8 Å². The van der Waals surface area contributed by atoms with Gasteiger partial charge in [-0.2, -0.15) is 0 Å². The van der Waals surface area contributed by atoms with Crippen molar-refractivity contribution in [2.45, 2.75) is 37.9 Å². The number of ether oxygens (including phenoxy) is 1.